The standard InChI is InChI=1S/C11H8IN3O.C11H9N3O/c1-7-4-9(14-16-7)8-2-3-15-10(12)6-13-11(15)5-8;1-8-6-10(13-15-8)9-2-4-14-5-3-12-11(14)7-9/h2-6H,1H3;2-7H,1H3. The largest absolute Gasteiger partial charge is 0.361 e. The zero-order valence-corrected chi connectivity index (χ0v) is 18.9. The number of halogens is 1. The van der Waals surface area contributed by atoms with Crippen LogP contribution in [0.25, 0.3) is 33.8 Å². The van der Waals surface area contributed by atoms with E-state index in [1.807, 2.05) is 83.8 Å². The summed E-state index contributed by atoms with van der Waals surface area (Å²) in [5.41, 5.74) is 5.56. The third kappa shape index (κ3) is 3.96. The molecule has 0 aliphatic carbocycles. The van der Waals surface area contributed by atoms with E-state index in [2.05, 4.69) is 42.9 Å². The number of rotatable bonds is 2. The number of aromatic nitrogens is 6. The van der Waals surface area contributed by atoms with Crippen LogP contribution in [0.3, 0.4) is 0 Å². The molecule has 0 saturated heterocycles. The van der Waals surface area contributed by atoms with Crippen molar-refractivity contribution in [3.8, 4) is 22.5 Å². The summed E-state index contributed by atoms with van der Waals surface area (Å²) in [4.78, 5) is 8.52. The Morgan fingerprint density at radius 1 is 0.774 bits per heavy atom. The van der Waals surface area contributed by atoms with Gasteiger partial charge in [-0.2, -0.15) is 0 Å². The monoisotopic (exact) mass is 524 g/mol. The summed E-state index contributed by atoms with van der Waals surface area (Å²) in [6.45, 7) is 3.76. The molecule has 0 fully saturated rings. The topological polar surface area (TPSA) is 86.7 Å². The molecule has 0 unspecified atom stereocenters. The van der Waals surface area contributed by atoms with E-state index in [0.717, 1.165) is 49.0 Å². The molecule has 0 atom stereocenters. The van der Waals surface area contributed by atoms with Crippen LogP contribution in [0.15, 0.2) is 76.4 Å². The lowest BCUT2D eigenvalue weighted by atomic mass is 10.2. The van der Waals surface area contributed by atoms with Crippen molar-refractivity contribution in [3.05, 3.63) is 82.6 Å². The minimum absolute atomic E-state index is 0.813. The Morgan fingerprint density at radius 2 is 1.42 bits per heavy atom. The molecule has 6 aromatic rings. The van der Waals surface area contributed by atoms with E-state index in [4.69, 9.17) is 9.05 Å². The van der Waals surface area contributed by atoms with Gasteiger partial charge in [0.25, 0.3) is 0 Å². The maximum atomic E-state index is 5.06. The zero-order valence-electron chi connectivity index (χ0n) is 16.7. The second-order valence-electron chi connectivity index (χ2n) is 6.98. The molecule has 0 aliphatic rings. The smallest absolute Gasteiger partial charge is 0.138 e. The Kier molecular flexibility index (Phi) is 5.02. The molecule has 0 saturated carbocycles. The Morgan fingerprint density at radius 3 is 2.06 bits per heavy atom. The molecular formula is C22H17IN6O2. The van der Waals surface area contributed by atoms with Crippen LogP contribution in [-0.2, 0) is 0 Å². The van der Waals surface area contributed by atoms with E-state index in [1.165, 1.54) is 0 Å². The van der Waals surface area contributed by atoms with E-state index in [0.29, 0.717) is 0 Å². The highest BCUT2D eigenvalue weighted by Crippen LogP contribution is 2.21. The molecule has 154 valence electrons. The average Bonchev–Trinajstić information content (AvgIpc) is 3.56. The first kappa shape index (κ1) is 19.5. The first-order valence-electron chi connectivity index (χ1n) is 9.49. The first-order valence-corrected chi connectivity index (χ1v) is 10.6. The van der Waals surface area contributed by atoms with Crippen LogP contribution < -0.4 is 0 Å². The van der Waals surface area contributed by atoms with Crippen LogP contribution in [0.4, 0.5) is 0 Å². The molecule has 0 amide bonds. The molecule has 8 nitrogen and oxygen atoms in total. The molecule has 0 N–H and O–H groups in total. The van der Waals surface area contributed by atoms with Crippen molar-refractivity contribution in [3.63, 3.8) is 0 Å². The molecule has 6 rings (SSSR count). The zero-order chi connectivity index (χ0) is 21.4. The van der Waals surface area contributed by atoms with Crippen molar-refractivity contribution >= 4 is 33.9 Å². The van der Waals surface area contributed by atoms with Crippen molar-refractivity contribution in [1.82, 2.24) is 29.1 Å². The molecule has 9 heteroatoms. The number of hydrogen-bond donors (Lipinski definition) is 0. The summed E-state index contributed by atoms with van der Waals surface area (Å²) in [7, 11) is 0. The van der Waals surface area contributed by atoms with E-state index >= 15 is 0 Å². The Hall–Kier alpha value is -3.47. The van der Waals surface area contributed by atoms with Gasteiger partial charge in [-0.15, -0.1) is 0 Å². The summed E-state index contributed by atoms with van der Waals surface area (Å²) in [5.74, 6) is 1.63. The maximum absolute atomic E-state index is 5.06. The molecule has 0 radical (unpaired) electrons. The summed E-state index contributed by atoms with van der Waals surface area (Å²) in [5, 5.41) is 7.95. The van der Waals surface area contributed by atoms with Gasteiger partial charge in [0.15, 0.2) is 0 Å². The number of pyridine rings is 2. The Bertz CT molecular complexity index is 1490. The molecular weight excluding hydrogens is 507 g/mol. The predicted molar refractivity (Wildman–Crippen MR) is 124 cm³/mol. The van der Waals surface area contributed by atoms with Gasteiger partial charge in [0.05, 0.1) is 6.20 Å². The molecule has 31 heavy (non-hydrogen) atoms. The summed E-state index contributed by atoms with van der Waals surface area (Å²) in [6.07, 6.45) is 9.47. The number of nitrogens with zero attached hydrogens (tertiary/aromatic N) is 6. The molecule has 0 bridgehead atoms. The van der Waals surface area contributed by atoms with Gasteiger partial charge in [-0.1, -0.05) is 10.3 Å². The van der Waals surface area contributed by atoms with Gasteiger partial charge in [0.2, 0.25) is 0 Å². The van der Waals surface area contributed by atoms with Crippen LogP contribution in [0, 0.1) is 17.5 Å². The van der Waals surface area contributed by atoms with E-state index in [9.17, 15) is 0 Å². The number of hydrogen-bond acceptors (Lipinski definition) is 6. The first-order chi connectivity index (χ1) is 15.1. The van der Waals surface area contributed by atoms with Crippen LogP contribution in [0.2, 0.25) is 0 Å². The van der Waals surface area contributed by atoms with E-state index in [-0.39, 0.29) is 0 Å². The van der Waals surface area contributed by atoms with Crippen LogP contribution in [-0.4, -0.2) is 29.1 Å². The number of fused-ring (bicyclic) bond motifs is 2. The lowest BCUT2D eigenvalue weighted by molar-refractivity contribution is 0.399. The third-order valence-corrected chi connectivity index (χ3v) is 5.51. The lowest BCUT2D eigenvalue weighted by Crippen LogP contribution is -1.87. The second-order valence-corrected chi connectivity index (χ2v) is 8.08. The Labute approximate surface area is 190 Å². The van der Waals surface area contributed by atoms with Gasteiger partial charge in [-0.3, -0.25) is 4.40 Å². The van der Waals surface area contributed by atoms with Crippen LogP contribution in [0.5, 0.6) is 0 Å². The van der Waals surface area contributed by atoms with Gasteiger partial charge in [-0.25, -0.2) is 9.97 Å². The van der Waals surface area contributed by atoms with Crippen molar-refractivity contribution in [2.24, 2.45) is 0 Å². The fourth-order valence-electron chi connectivity index (χ4n) is 3.18. The van der Waals surface area contributed by atoms with Crippen LogP contribution in [0.1, 0.15) is 11.5 Å². The van der Waals surface area contributed by atoms with Gasteiger partial charge in [0.1, 0.15) is 37.9 Å². The van der Waals surface area contributed by atoms with Gasteiger partial charge >= 0.3 is 0 Å². The quantitative estimate of drug-likeness (QED) is 0.290. The van der Waals surface area contributed by atoms with Gasteiger partial charge in [0, 0.05) is 48.0 Å². The highest BCUT2D eigenvalue weighted by molar-refractivity contribution is 14.1. The number of aryl methyl sites for hydroxylation is 2. The fraction of sp³-hybridized carbons (Fsp3) is 0.0909. The van der Waals surface area contributed by atoms with Crippen molar-refractivity contribution < 1.29 is 9.05 Å². The average molecular weight is 524 g/mol. The Balaban J connectivity index is 0.000000132. The van der Waals surface area contributed by atoms with Crippen LogP contribution >= 0.6 is 22.6 Å². The highest BCUT2D eigenvalue weighted by atomic mass is 127. The maximum Gasteiger partial charge on any atom is 0.138 e. The summed E-state index contributed by atoms with van der Waals surface area (Å²) < 4.78 is 15.2. The lowest BCUT2D eigenvalue weighted by Gasteiger charge is -1.98. The van der Waals surface area contributed by atoms with Crippen molar-refractivity contribution in [1.29, 1.82) is 0 Å². The molecule has 6 heterocycles. The van der Waals surface area contributed by atoms with Crippen molar-refractivity contribution in [2.75, 3.05) is 0 Å². The van der Waals surface area contributed by atoms with Crippen molar-refractivity contribution in [2.45, 2.75) is 13.8 Å². The second kappa shape index (κ2) is 7.99. The summed E-state index contributed by atoms with van der Waals surface area (Å²) >= 11 is 2.25. The van der Waals surface area contributed by atoms with Gasteiger partial charge < -0.3 is 13.4 Å². The molecule has 0 aromatic carbocycles. The minimum atomic E-state index is 0.813. The summed E-state index contributed by atoms with van der Waals surface area (Å²) in [6, 6.07) is 11.8. The fourth-order valence-corrected chi connectivity index (χ4v) is 3.73. The van der Waals surface area contributed by atoms with E-state index < -0.39 is 0 Å². The predicted octanol–water partition coefficient (Wildman–Crippen LogP) is 5.20. The molecule has 0 spiro atoms. The normalized spacial score (nSPS) is 11.1. The van der Waals surface area contributed by atoms with Gasteiger partial charge in [-0.05, 0) is 60.7 Å². The number of imidazole rings is 2. The highest BCUT2D eigenvalue weighted by Gasteiger charge is 2.07. The minimum Gasteiger partial charge on any atom is -0.361 e. The van der Waals surface area contributed by atoms with E-state index in [1.54, 1.807) is 6.20 Å². The third-order valence-electron chi connectivity index (χ3n) is 4.71. The molecule has 6 aromatic heterocycles. The molecule has 0 aliphatic heterocycles. The SMILES string of the molecule is Cc1cc(-c2ccn3c(I)cnc3c2)no1.Cc1cc(-c2ccn3ccnc3c2)no1.